The highest BCUT2D eigenvalue weighted by Gasteiger charge is 2.26. The zero-order valence-corrected chi connectivity index (χ0v) is 11.0. The van der Waals surface area contributed by atoms with Crippen LogP contribution in [0.1, 0.15) is 37.1 Å². The predicted octanol–water partition coefficient (Wildman–Crippen LogP) is 3.48. The summed E-state index contributed by atoms with van der Waals surface area (Å²) in [5.41, 5.74) is -0.00507. The van der Waals surface area contributed by atoms with Gasteiger partial charge in [-0.2, -0.15) is 13.2 Å². The molecule has 0 radical (unpaired) electrons. The average molecular weight is 266 g/mol. The molecule has 2 nitrogen and oxygen atoms in total. The molecule has 0 bridgehead atoms. The minimum Gasteiger partial charge on any atom is -0.311 e. The number of hydrogen-bond acceptors (Lipinski definition) is 3. The monoisotopic (exact) mass is 266 g/mol. The predicted molar refractivity (Wildman–Crippen MR) is 63.2 cm³/mol. The van der Waals surface area contributed by atoms with Crippen LogP contribution in [0.5, 0.6) is 0 Å². The molecular weight excluding hydrogens is 249 g/mol. The molecule has 0 saturated heterocycles. The molecular formula is C11H17F3N2S. The van der Waals surface area contributed by atoms with Gasteiger partial charge in [-0.1, -0.05) is 20.8 Å². The van der Waals surface area contributed by atoms with E-state index in [4.69, 9.17) is 0 Å². The van der Waals surface area contributed by atoms with Gasteiger partial charge < -0.3 is 5.32 Å². The number of hydrogen-bond donors (Lipinski definition) is 1. The van der Waals surface area contributed by atoms with Crippen molar-refractivity contribution in [1.82, 2.24) is 10.3 Å². The molecule has 0 aromatic carbocycles. The molecule has 0 fully saturated rings. The highest BCUT2D eigenvalue weighted by Crippen LogP contribution is 2.26. The van der Waals surface area contributed by atoms with E-state index in [0.717, 1.165) is 9.88 Å². The molecule has 6 heteroatoms. The van der Waals surface area contributed by atoms with Crippen LogP contribution in [-0.4, -0.2) is 17.7 Å². The van der Waals surface area contributed by atoms with Crippen LogP contribution in [0, 0.1) is 0 Å². The summed E-state index contributed by atoms with van der Waals surface area (Å²) in [5.74, 6) is 0. The lowest BCUT2D eigenvalue weighted by atomic mass is 9.98. The summed E-state index contributed by atoms with van der Waals surface area (Å²) in [4.78, 5) is 5.24. The van der Waals surface area contributed by atoms with Gasteiger partial charge in [0.05, 0.1) is 11.4 Å². The Morgan fingerprint density at radius 3 is 2.41 bits per heavy atom. The van der Waals surface area contributed by atoms with Crippen molar-refractivity contribution in [3.63, 3.8) is 0 Å². The Balaban J connectivity index is 2.36. The number of halogens is 3. The highest BCUT2D eigenvalue weighted by atomic mass is 32.1. The third kappa shape index (κ3) is 5.50. The Morgan fingerprint density at radius 1 is 1.29 bits per heavy atom. The van der Waals surface area contributed by atoms with Crippen molar-refractivity contribution < 1.29 is 13.2 Å². The summed E-state index contributed by atoms with van der Waals surface area (Å²) in [7, 11) is 0. The Kier molecular flexibility index (Phi) is 4.55. The topological polar surface area (TPSA) is 24.9 Å². The highest BCUT2D eigenvalue weighted by molar-refractivity contribution is 7.11. The largest absolute Gasteiger partial charge is 0.390 e. The maximum absolute atomic E-state index is 11.9. The minimum atomic E-state index is -4.09. The lowest BCUT2D eigenvalue weighted by Gasteiger charge is -2.13. The first kappa shape index (κ1) is 14.4. The fraction of sp³-hybridized carbons (Fsp3) is 0.727. The van der Waals surface area contributed by atoms with E-state index in [9.17, 15) is 13.2 Å². The fourth-order valence-corrected chi connectivity index (χ4v) is 2.12. The van der Waals surface area contributed by atoms with Gasteiger partial charge in [-0.05, 0) is 0 Å². The van der Waals surface area contributed by atoms with Crippen LogP contribution in [0.2, 0.25) is 0 Å². The molecule has 1 N–H and O–H groups in total. The first-order valence-corrected chi connectivity index (χ1v) is 6.23. The van der Waals surface area contributed by atoms with Gasteiger partial charge in [0.25, 0.3) is 0 Å². The first-order chi connectivity index (χ1) is 7.68. The van der Waals surface area contributed by atoms with Crippen LogP contribution in [0.3, 0.4) is 0 Å². The second kappa shape index (κ2) is 5.35. The van der Waals surface area contributed by atoms with E-state index in [1.807, 2.05) is 0 Å². The summed E-state index contributed by atoms with van der Waals surface area (Å²) in [6.45, 7) is 6.59. The van der Waals surface area contributed by atoms with Gasteiger partial charge >= 0.3 is 6.18 Å². The Labute approximate surface area is 103 Å². The zero-order valence-electron chi connectivity index (χ0n) is 10.2. The number of nitrogens with zero attached hydrogens (tertiary/aromatic N) is 1. The lowest BCUT2D eigenvalue weighted by molar-refractivity contribution is -0.133. The second-order valence-corrected chi connectivity index (χ2v) is 6.04. The van der Waals surface area contributed by atoms with Crippen molar-refractivity contribution >= 4 is 11.3 Å². The van der Waals surface area contributed by atoms with E-state index in [1.54, 1.807) is 17.5 Å². The van der Waals surface area contributed by atoms with E-state index in [-0.39, 0.29) is 12.0 Å². The standard InChI is InChI=1S/C11H17F3N2S/c1-10(2,3)9-16-7-8(17-9)6-15-5-4-11(12,13)14/h7,15H,4-6H2,1-3H3. The quantitative estimate of drug-likeness (QED) is 0.844. The molecule has 0 unspecified atom stereocenters. The summed E-state index contributed by atoms with van der Waals surface area (Å²) >= 11 is 1.54. The van der Waals surface area contributed by atoms with Gasteiger partial charge in [-0.3, -0.25) is 0 Å². The van der Waals surface area contributed by atoms with Crippen molar-refractivity contribution in [3.05, 3.63) is 16.1 Å². The zero-order chi connectivity index (χ0) is 13.1. The van der Waals surface area contributed by atoms with E-state index in [0.29, 0.717) is 6.54 Å². The van der Waals surface area contributed by atoms with Gasteiger partial charge in [0, 0.05) is 29.6 Å². The van der Waals surface area contributed by atoms with Crippen LogP contribution < -0.4 is 5.32 Å². The van der Waals surface area contributed by atoms with Crippen LogP contribution in [-0.2, 0) is 12.0 Å². The third-order valence-corrected chi connectivity index (χ3v) is 3.50. The van der Waals surface area contributed by atoms with E-state index < -0.39 is 12.6 Å². The van der Waals surface area contributed by atoms with Crippen molar-refractivity contribution in [1.29, 1.82) is 0 Å². The summed E-state index contributed by atoms with van der Waals surface area (Å²) in [6, 6.07) is 0. The first-order valence-electron chi connectivity index (χ1n) is 5.41. The fourth-order valence-electron chi connectivity index (χ4n) is 1.18. The molecule has 1 heterocycles. The average Bonchev–Trinajstić information content (AvgIpc) is 2.58. The van der Waals surface area contributed by atoms with Gasteiger partial charge in [0.15, 0.2) is 0 Å². The molecule has 0 saturated carbocycles. The number of thiazole rings is 1. The van der Waals surface area contributed by atoms with Crippen molar-refractivity contribution in [3.8, 4) is 0 Å². The smallest absolute Gasteiger partial charge is 0.311 e. The SMILES string of the molecule is CC(C)(C)c1ncc(CNCCC(F)(F)F)s1. The molecule has 0 aliphatic rings. The van der Waals surface area contributed by atoms with Crippen LogP contribution in [0.4, 0.5) is 13.2 Å². The molecule has 0 aliphatic carbocycles. The van der Waals surface area contributed by atoms with E-state index in [1.165, 1.54) is 0 Å². The van der Waals surface area contributed by atoms with Gasteiger partial charge in [0.2, 0.25) is 0 Å². The Hall–Kier alpha value is -0.620. The van der Waals surface area contributed by atoms with Gasteiger partial charge in [0.1, 0.15) is 0 Å². The lowest BCUT2D eigenvalue weighted by Crippen LogP contribution is -2.20. The molecule has 0 amide bonds. The van der Waals surface area contributed by atoms with Crippen LogP contribution in [0.25, 0.3) is 0 Å². The number of nitrogens with one attached hydrogen (secondary N) is 1. The maximum atomic E-state index is 11.9. The molecule has 17 heavy (non-hydrogen) atoms. The van der Waals surface area contributed by atoms with Crippen LogP contribution >= 0.6 is 11.3 Å². The maximum Gasteiger partial charge on any atom is 0.390 e. The molecule has 1 rings (SSSR count). The van der Waals surface area contributed by atoms with E-state index in [2.05, 4.69) is 31.1 Å². The molecule has 98 valence electrons. The Morgan fingerprint density at radius 2 is 1.94 bits per heavy atom. The normalized spacial score (nSPS) is 13.1. The third-order valence-electron chi connectivity index (χ3n) is 2.08. The summed E-state index contributed by atoms with van der Waals surface area (Å²) in [5, 5.41) is 3.78. The molecule has 0 spiro atoms. The minimum absolute atomic E-state index is 0.00507. The van der Waals surface area contributed by atoms with Gasteiger partial charge in [-0.15, -0.1) is 11.3 Å². The molecule has 1 aromatic rings. The second-order valence-electron chi connectivity index (χ2n) is 4.92. The summed E-state index contributed by atoms with van der Waals surface area (Å²) in [6.07, 6.45) is -3.15. The van der Waals surface area contributed by atoms with Crippen molar-refractivity contribution in [2.45, 2.75) is 45.3 Å². The van der Waals surface area contributed by atoms with Crippen LogP contribution in [0.15, 0.2) is 6.20 Å². The summed E-state index contributed by atoms with van der Waals surface area (Å²) < 4.78 is 35.7. The number of rotatable bonds is 4. The number of alkyl halides is 3. The molecule has 0 atom stereocenters. The number of aromatic nitrogens is 1. The van der Waals surface area contributed by atoms with Crippen molar-refractivity contribution in [2.24, 2.45) is 0 Å². The Bertz CT molecular complexity index is 352. The molecule has 1 aromatic heterocycles. The van der Waals surface area contributed by atoms with Crippen molar-refractivity contribution in [2.75, 3.05) is 6.54 Å². The van der Waals surface area contributed by atoms with Gasteiger partial charge in [-0.25, -0.2) is 4.98 Å². The molecule has 0 aliphatic heterocycles. The van der Waals surface area contributed by atoms with E-state index >= 15 is 0 Å².